The minimum Gasteiger partial charge on any atom is -0.312 e. The van der Waals surface area contributed by atoms with Crippen molar-refractivity contribution in [3.63, 3.8) is 0 Å². The second kappa shape index (κ2) is 1.51. The lowest BCUT2D eigenvalue weighted by Gasteiger charge is -2.29. The topological polar surface area (TPSA) is 35.8 Å². The molecular weight excluding hydrogens is 88.1 g/mol. The van der Waals surface area contributed by atoms with E-state index in [0.29, 0.717) is 6.04 Å². The number of nitriles is 1. The highest BCUT2D eigenvalue weighted by Crippen LogP contribution is 2.09. The molecule has 0 spiro atoms. The van der Waals surface area contributed by atoms with E-state index in [1.807, 2.05) is 6.92 Å². The van der Waals surface area contributed by atoms with E-state index in [9.17, 15) is 0 Å². The van der Waals surface area contributed by atoms with Crippen molar-refractivity contribution in [1.82, 2.24) is 5.32 Å². The second-order valence-electron chi connectivity index (χ2n) is 1.93. The molecule has 0 aromatic heterocycles. The Bertz CT molecular complexity index is 103. The molecule has 0 amide bonds. The van der Waals surface area contributed by atoms with Crippen molar-refractivity contribution in [3.8, 4) is 6.07 Å². The van der Waals surface area contributed by atoms with E-state index in [1.54, 1.807) is 0 Å². The summed E-state index contributed by atoms with van der Waals surface area (Å²) < 4.78 is 0. The fourth-order valence-corrected chi connectivity index (χ4v) is 0.629. The van der Waals surface area contributed by atoms with Gasteiger partial charge in [-0.1, -0.05) is 0 Å². The molecule has 1 aliphatic heterocycles. The van der Waals surface area contributed by atoms with Crippen LogP contribution in [0.4, 0.5) is 0 Å². The van der Waals surface area contributed by atoms with Gasteiger partial charge in [-0.05, 0) is 6.92 Å². The predicted molar refractivity (Wildman–Crippen MR) is 26.6 cm³/mol. The molecule has 1 fully saturated rings. The number of nitrogens with zero attached hydrogens (tertiary/aromatic N) is 1. The lowest BCUT2D eigenvalue weighted by atomic mass is 9.95. The van der Waals surface area contributed by atoms with Crippen LogP contribution in [0.1, 0.15) is 6.92 Å². The standard InChI is InChI=1S/C5H8N2/c1-4-5(2-6)3-7-4/h4-5,7H,3H2,1H3/t4-,5-/m1/s1. The minimum atomic E-state index is 0.278. The van der Waals surface area contributed by atoms with Crippen LogP contribution in [-0.2, 0) is 0 Å². The van der Waals surface area contributed by atoms with Gasteiger partial charge in [0.2, 0.25) is 0 Å². The van der Waals surface area contributed by atoms with Gasteiger partial charge in [0.25, 0.3) is 0 Å². The third-order valence-electron chi connectivity index (χ3n) is 1.43. The van der Waals surface area contributed by atoms with Gasteiger partial charge in [-0.2, -0.15) is 5.26 Å². The normalized spacial score (nSPS) is 38.9. The first-order valence-electron chi connectivity index (χ1n) is 2.47. The molecule has 2 heteroatoms. The van der Waals surface area contributed by atoms with Gasteiger partial charge in [0.05, 0.1) is 12.0 Å². The molecule has 38 valence electrons. The molecule has 0 unspecified atom stereocenters. The molecular formula is C5H8N2. The molecule has 0 saturated carbocycles. The summed E-state index contributed by atoms with van der Waals surface area (Å²) in [4.78, 5) is 0. The maximum atomic E-state index is 8.27. The molecule has 1 saturated heterocycles. The van der Waals surface area contributed by atoms with Crippen LogP contribution < -0.4 is 5.32 Å². The zero-order chi connectivity index (χ0) is 5.28. The Morgan fingerprint density at radius 1 is 1.86 bits per heavy atom. The molecule has 1 heterocycles. The quantitative estimate of drug-likeness (QED) is 0.465. The third kappa shape index (κ3) is 0.594. The van der Waals surface area contributed by atoms with Crippen molar-refractivity contribution in [2.75, 3.05) is 6.54 Å². The molecule has 1 rings (SSSR count). The Morgan fingerprint density at radius 2 is 2.57 bits per heavy atom. The Hall–Kier alpha value is -0.550. The lowest BCUT2D eigenvalue weighted by Crippen LogP contribution is -2.49. The van der Waals surface area contributed by atoms with Gasteiger partial charge in [-0.3, -0.25) is 0 Å². The highest BCUT2D eigenvalue weighted by Gasteiger charge is 2.24. The first-order chi connectivity index (χ1) is 3.34. The molecule has 0 aromatic carbocycles. The minimum absolute atomic E-state index is 0.278. The first kappa shape index (κ1) is 4.61. The van der Waals surface area contributed by atoms with Crippen LogP contribution in [0.5, 0.6) is 0 Å². The van der Waals surface area contributed by atoms with Crippen molar-refractivity contribution in [2.24, 2.45) is 5.92 Å². The molecule has 0 bridgehead atoms. The molecule has 2 nitrogen and oxygen atoms in total. The Balaban J connectivity index is 2.33. The van der Waals surface area contributed by atoms with Gasteiger partial charge in [0.1, 0.15) is 0 Å². The predicted octanol–water partition coefficient (Wildman–Crippen LogP) is 0.118. The van der Waals surface area contributed by atoms with Crippen LogP contribution in [0.3, 0.4) is 0 Å². The van der Waals surface area contributed by atoms with Crippen LogP contribution in [0.15, 0.2) is 0 Å². The zero-order valence-corrected chi connectivity index (χ0v) is 4.31. The van der Waals surface area contributed by atoms with Crippen molar-refractivity contribution >= 4 is 0 Å². The molecule has 2 atom stereocenters. The van der Waals surface area contributed by atoms with E-state index in [2.05, 4.69) is 11.4 Å². The van der Waals surface area contributed by atoms with E-state index in [0.717, 1.165) is 6.54 Å². The zero-order valence-electron chi connectivity index (χ0n) is 4.31. The van der Waals surface area contributed by atoms with Crippen molar-refractivity contribution in [1.29, 1.82) is 5.26 Å². The molecule has 1 N–H and O–H groups in total. The Kier molecular flexibility index (Phi) is 0.994. The van der Waals surface area contributed by atoms with Crippen molar-refractivity contribution in [3.05, 3.63) is 0 Å². The van der Waals surface area contributed by atoms with Gasteiger partial charge in [0, 0.05) is 12.6 Å². The summed E-state index contributed by atoms with van der Waals surface area (Å²) in [7, 11) is 0. The van der Waals surface area contributed by atoms with Crippen LogP contribution >= 0.6 is 0 Å². The maximum absolute atomic E-state index is 8.27. The summed E-state index contributed by atoms with van der Waals surface area (Å²) in [5.74, 6) is 0.278. The molecule has 0 aliphatic carbocycles. The molecule has 0 radical (unpaired) electrons. The van der Waals surface area contributed by atoms with Crippen LogP contribution in [0.25, 0.3) is 0 Å². The average molecular weight is 96.1 g/mol. The summed E-state index contributed by atoms with van der Waals surface area (Å²) in [5.41, 5.74) is 0. The second-order valence-corrected chi connectivity index (χ2v) is 1.93. The summed E-state index contributed by atoms with van der Waals surface area (Å²) in [6.07, 6.45) is 0. The maximum Gasteiger partial charge on any atom is 0.0738 e. The first-order valence-corrected chi connectivity index (χ1v) is 2.47. The fourth-order valence-electron chi connectivity index (χ4n) is 0.629. The number of rotatable bonds is 0. The van der Waals surface area contributed by atoms with Gasteiger partial charge in [-0.25, -0.2) is 0 Å². The Morgan fingerprint density at radius 3 is 2.57 bits per heavy atom. The molecule has 1 aliphatic rings. The van der Waals surface area contributed by atoms with E-state index < -0.39 is 0 Å². The third-order valence-corrected chi connectivity index (χ3v) is 1.43. The average Bonchev–Trinajstić information content (AvgIpc) is 1.65. The van der Waals surface area contributed by atoms with Crippen LogP contribution in [0, 0.1) is 17.2 Å². The molecule has 7 heavy (non-hydrogen) atoms. The number of hydrogen-bond acceptors (Lipinski definition) is 2. The fraction of sp³-hybridized carbons (Fsp3) is 0.800. The van der Waals surface area contributed by atoms with Gasteiger partial charge in [0.15, 0.2) is 0 Å². The highest BCUT2D eigenvalue weighted by atomic mass is 15.0. The largest absolute Gasteiger partial charge is 0.312 e. The van der Waals surface area contributed by atoms with Crippen molar-refractivity contribution < 1.29 is 0 Å². The monoisotopic (exact) mass is 96.1 g/mol. The lowest BCUT2D eigenvalue weighted by molar-refractivity contribution is 0.315. The Labute approximate surface area is 43.1 Å². The smallest absolute Gasteiger partial charge is 0.0738 e. The summed E-state index contributed by atoms with van der Waals surface area (Å²) >= 11 is 0. The van der Waals surface area contributed by atoms with E-state index in [4.69, 9.17) is 5.26 Å². The molecule has 0 aromatic rings. The summed E-state index contributed by atoms with van der Waals surface area (Å²) in [6, 6.07) is 2.62. The summed E-state index contributed by atoms with van der Waals surface area (Å²) in [5, 5.41) is 11.4. The van der Waals surface area contributed by atoms with E-state index in [-0.39, 0.29) is 5.92 Å². The van der Waals surface area contributed by atoms with Crippen molar-refractivity contribution in [2.45, 2.75) is 13.0 Å². The van der Waals surface area contributed by atoms with Gasteiger partial charge < -0.3 is 5.32 Å². The summed E-state index contributed by atoms with van der Waals surface area (Å²) in [6.45, 7) is 2.91. The van der Waals surface area contributed by atoms with Crippen LogP contribution in [-0.4, -0.2) is 12.6 Å². The van der Waals surface area contributed by atoms with E-state index >= 15 is 0 Å². The van der Waals surface area contributed by atoms with Crippen LogP contribution in [0.2, 0.25) is 0 Å². The number of hydrogen-bond donors (Lipinski definition) is 1. The SMILES string of the molecule is C[C@H]1NC[C@H]1C#N. The van der Waals surface area contributed by atoms with Gasteiger partial charge in [-0.15, -0.1) is 0 Å². The van der Waals surface area contributed by atoms with Gasteiger partial charge >= 0.3 is 0 Å². The number of nitrogens with one attached hydrogen (secondary N) is 1. The highest BCUT2D eigenvalue weighted by molar-refractivity contribution is 4.98. The van der Waals surface area contributed by atoms with E-state index in [1.165, 1.54) is 0 Å².